The van der Waals surface area contributed by atoms with Gasteiger partial charge in [0.2, 0.25) is 41.4 Å². The Labute approximate surface area is 640 Å². The molecule has 10 heterocycles. The fraction of sp³-hybridized carbons (Fsp3) is 0.597. The minimum Gasteiger partial charge on any atom is -0.682 e. The monoisotopic (exact) mass is 1580 g/mol. The summed E-state index contributed by atoms with van der Waals surface area (Å²) in [6.45, 7) is 22.7. The number of amides is 7. The molecule has 19 atom stereocenters. The van der Waals surface area contributed by atoms with E-state index < -0.39 is 168 Å². The number of aromatic nitrogens is 6. The number of aliphatic hydroxyl groups is 4. The van der Waals surface area contributed by atoms with Crippen molar-refractivity contribution < 1.29 is 98.7 Å². The molecule has 0 spiro atoms. The number of fused-ring (bicyclic) bond motifs is 8. The molecule has 35 nitrogen and oxygen atoms in total. The number of rotatable bonds is 27. The molecule has 11 rings (SSSR count). The number of phosphoric ester groups is 1. The second-order valence-corrected chi connectivity index (χ2v) is 32.5. The molecule has 19 unspecified atom stereocenters. The second-order valence-electron chi connectivity index (χ2n) is 31.1. The van der Waals surface area contributed by atoms with Crippen molar-refractivity contribution in [2.75, 3.05) is 18.9 Å². The van der Waals surface area contributed by atoms with Crippen LogP contribution in [0.3, 0.4) is 0 Å². The molecule has 7 amide bonds. The molecule has 7 aliphatic rings. The van der Waals surface area contributed by atoms with Crippen molar-refractivity contribution in [3.05, 3.63) is 88.8 Å². The number of nitrogen functional groups attached to an aromatic ring is 1. The number of anilines is 1. The molecule has 0 radical (unpaired) electrons. The van der Waals surface area contributed by atoms with Crippen molar-refractivity contribution in [3.8, 4) is 0 Å². The van der Waals surface area contributed by atoms with E-state index in [0.29, 0.717) is 67.6 Å². The first kappa shape index (κ1) is 84.8. The second kappa shape index (κ2) is 32.2. The zero-order chi connectivity index (χ0) is 79.6. The number of carbonyl (C=O) groups excluding carboxylic acids is 7. The number of benzene rings is 1. The zero-order valence-electron chi connectivity index (χ0n) is 62.9. The summed E-state index contributed by atoms with van der Waals surface area (Å²) >= 11 is 0. The summed E-state index contributed by atoms with van der Waals surface area (Å²) in [5.41, 5.74) is 43.3. The number of hydrogen-bond acceptors (Lipinski definition) is 24. The van der Waals surface area contributed by atoms with Crippen LogP contribution in [0.4, 0.5) is 5.82 Å². The van der Waals surface area contributed by atoms with Crippen molar-refractivity contribution in [2.24, 2.45) is 94.7 Å². The number of allylic oxidation sites excluding steroid dienone is 6. The minimum atomic E-state index is -5.07. The van der Waals surface area contributed by atoms with Gasteiger partial charge in [0.05, 0.1) is 53.7 Å². The van der Waals surface area contributed by atoms with Gasteiger partial charge in [0.1, 0.15) is 36.3 Å². The summed E-state index contributed by atoms with van der Waals surface area (Å²) in [6.07, 6.45) is -5.38. The number of primary amides is 6. The van der Waals surface area contributed by atoms with Crippen LogP contribution < -0.4 is 45.5 Å². The van der Waals surface area contributed by atoms with E-state index in [0.717, 1.165) is 11.1 Å². The predicted octanol–water partition coefficient (Wildman–Crippen LogP) is 2.81. The van der Waals surface area contributed by atoms with Crippen molar-refractivity contribution in [1.82, 2.24) is 34.4 Å². The predicted molar refractivity (Wildman–Crippen MR) is 395 cm³/mol. The third-order valence-corrected chi connectivity index (χ3v) is 24.6. The molecule has 0 aliphatic carbocycles. The molecule has 3 saturated heterocycles. The molecule has 1 aromatic carbocycles. The van der Waals surface area contributed by atoms with Crippen LogP contribution in [0.5, 0.6) is 0 Å². The molecular weight excluding hydrogens is 1480 g/mol. The van der Waals surface area contributed by atoms with Crippen molar-refractivity contribution >= 4 is 94.3 Å². The van der Waals surface area contributed by atoms with Gasteiger partial charge in [-0.1, -0.05) is 40.7 Å². The van der Waals surface area contributed by atoms with Crippen molar-refractivity contribution in [1.29, 1.82) is 0 Å². The van der Waals surface area contributed by atoms with Gasteiger partial charge in [0.25, 0.3) is 0 Å². The third-order valence-electron chi connectivity index (χ3n) is 23.5. The van der Waals surface area contributed by atoms with Crippen LogP contribution >= 0.6 is 7.82 Å². The van der Waals surface area contributed by atoms with Crippen LogP contribution in [-0.4, -0.2) is 180 Å². The summed E-state index contributed by atoms with van der Waals surface area (Å²) in [7, 11) is -5.07. The van der Waals surface area contributed by atoms with E-state index in [4.69, 9.17) is 79.0 Å². The molecule has 4 aromatic rings. The number of aryl methyl sites for hydroxylation is 2. The number of ether oxygens (including phenoxy) is 2. The molecule has 594 valence electrons. The van der Waals surface area contributed by atoms with Crippen molar-refractivity contribution in [2.45, 2.75) is 214 Å². The third kappa shape index (κ3) is 16.3. The summed E-state index contributed by atoms with van der Waals surface area (Å²) in [5, 5.41) is 49.7. The van der Waals surface area contributed by atoms with E-state index in [1.807, 2.05) is 80.5 Å². The van der Waals surface area contributed by atoms with Crippen LogP contribution in [-0.2, 0) is 73.4 Å². The van der Waals surface area contributed by atoms with E-state index in [-0.39, 0.29) is 99.8 Å². The fourth-order valence-electron chi connectivity index (χ4n) is 17.4. The molecule has 109 heavy (non-hydrogen) atoms. The Hall–Kier alpha value is -8.26. The van der Waals surface area contributed by atoms with Gasteiger partial charge in [-0.15, -0.1) is 0 Å². The average molecular weight is 1580 g/mol. The van der Waals surface area contributed by atoms with Gasteiger partial charge in [0, 0.05) is 108 Å². The van der Waals surface area contributed by atoms with Gasteiger partial charge in [0.15, 0.2) is 23.9 Å². The van der Waals surface area contributed by atoms with Gasteiger partial charge in [-0.2, -0.15) is 5.70 Å². The normalized spacial score (nSPS) is 31.8. The summed E-state index contributed by atoms with van der Waals surface area (Å²) in [4.78, 5) is 137. The van der Waals surface area contributed by atoms with E-state index in [9.17, 15) is 63.4 Å². The van der Waals surface area contributed by atoms with Crippen molar-refractivity contribution in [3.63, 3.8) is 0 Å². The van der Waals surface area contributed by atoms with Crippen LogP contribution in [0.1, 0.15) is 157 Å². The number of hydrogen-bond donors (Lipinski definition) is 13. The number of nitrogens with one attached hydrogen (secondary N) is 1. The number of phosphoric acid groups is 1. The minimum absolute atomic E-state index is 0. The van der Waals surface area contributed by atoms with Crippen LogP contribution in [0, 0.1) is 66.1 Å². The Morgan fingerprint density at radius 2 is 1.33 bits per heavy atom. The number of aliphatic imine (C=N–C) groups is 3. The van der Waals surface area contributed by atoms with E-state index in [1.54, 1.807) is 11.5 Å². The maximum atomic E-state index is 14.4. The Morgan fingerprint density at radius 1 is 0.725 bits per heavy atom. The summed E-state index contributed by atoms with van der Waals surface area (Å²) in [5.74, 6) is -7.09. The molecule has 3 fully saturated rings. The van der Waals surface area contributed by atoms with E-state index >= 15 is 0 Å². The molecule has 37 heteroatoms. The first-order valence-corrected chi connectivity index (χ1v) is 37.4. The number of imidazole rings is 2. The maximum Gasteiger partial charge on any atom is 3.00 e. The van der Waals surface area contributed by atoms with E-state index in [1.165, 1.54) is 30.5 Å². The van der Waals surface area contributed by atoms with Crippen LogP contribution in [0.15, 0.2) is 80.4 Å². The average Bonchev–Trinajstić information content (AvgIpc) is 1.53. The Kier molecular flexibility index (Phi) is 25.0. The Morgan fingerprint density at radius 3 is 1.93 bits per heavy atom. The van der Waals surface area contributed by atoms with Gasteiger partial charge in [-0.05, 0) is 125 Å². The Balaban J connectivity index is 0.000000623. The number of aliphatic hydroxyl groups excluding tert-OH is 4. The number of nitrogens with two attached hydrogens (primary N) is 7. The first-order chi connectivity index (χ1) is 50.4. The zero-order valence-corrected chi connectivity index (χ0v) is 64.8. The van der Waals surface area contributed by atoms with Gasteiger partial charge in [-0.25, -0.2) is 24.5 Å². The van der Waals surface area contributed by atoms with E-state index in [2.05, 4.69) is 32.2 Å². The molecular formula is C72H101CoN18O17P+. The number of nitrogens with zero attached hydrogens (tertiary/aromatic N) is 10. The summed E-state index contributed by atoms with van der Waals surface area (Å²) in [6, 6.07) is 2.68. The van der Waals surface area contributed by atoms with Gasteiger partial charge < -0.3 is 97.1 Å². The first-order valence-electron chi connectivity index (χ1n) is 35.9. The SMILES string of the molecule is CC1=C2N=C(C=C3N=C(C(C)=C4[N-]C(C(CC(N)=O)C4(C)CCC(=O)NCC(C)OP(=O)(O)OC4C(CO)OC(n5cnc6cc(C)c(C)cc65)C4O)C4(C)N=C1C(CCC(N)=O)C4(C)CC(N)=O)C(CCC(N)=O)C3(C)C)C(CCC(N)=O)C2(C)CC(N)=O.[CH2-]C1OC(n2cnc3c(N)ncnc32)C(O)C1O.[Co+3]. The molecule has 0 saturated carbocycles. The van der Waals surface area contributed by atoms with Crippen LogP contribution in [0.2, 0.25) is 0 Å². The largest absolute Gasteiger partial charge is 3.00 e. The quantitative estimate of drug-likeness (QED) is 0.0301. The number of carbonyl (C=O) groups is 7. The molecule has 8 bridgehead atoms. The fourth-order valence-corrected chi connectivity index (χ4v) is 18.5. The smallest absolute Gasteiger partial charge is 0.682 e. The molecule has 3 aromatic heterocycles. The van der Waals surface area contributed by atoms with Crippen LogP contribution in [0.25, 0.3) is 27.5 Å². The molecule has 7 aliphatic heterocycles. The van der Waals surface area contributed by atoms with Gasteiger partial charge in [-0.3, -0.25) is 62.2 Å². The van der Waals surface area contributed by atoms with Gasteiger partial charge >= 0.3 is 24.6 Å². The standard InChI is InChI=1S/C62H90N13O14P.C10H12N5O3.Co/c1-29-20-39-40(21-30(29)2)75(28-70-39)57-52(84)53(41(27-76)87-57)89-90(85,86)88-31(3)26-69-49(83)18-19-59(8)37(22-46(66)80)56-62(11)61(10,25-48(68)82)36(14-17-45(65)79)51(74-62)33(5)55-60(9,24-47(67)81)34(12-15-43(63)77)38(71-55)23-42-58(6,7)35(13-16-44(64)78)50(72-42)32(4)54(59)73-56;1-4-6(16)7(17)10(18-4)15-3-14-5-8(11)12-2-13-9(5)15;/h20-21,23,28,31,34-37,41,52-53,56-57,76,84H,12-19,22,24-27H2,1-11H3,(H15,63,64,65,66,67,68,69,71,72,73,74,77,78,79,80,81,82,83,85,86);2-4,6-7,10,16-17H,1H2,(H2,11,12,13);/q;-1;+3/p-1. The molecule has 20 N–H and O–H groups in total. The Bertz CT molecular complexity index is 4520. The maximum absolute atomic E-state index is 14.4. The topological polar surface area (TPSA) is 581 Å². The summed E-state index contributed by atoms with van der Waals surface area (Å²) < 4.78 is 39.2.